The van der Waals surface area contributed by atoms with Crippen molar-refractivity contribution in [1.29, 1.82) is 0 Å². The van der Waals surface area contributed by atoms with E-state index in [-0.39, 0.29) is 17.9 Å². The number of nitrogens with one attached hydrogen (secondary N) is 3. The maximum Gasteiger partial charge on any atom is 0.407 e. The summed E-state index contributed by atoms with van der Waals surface area (Å²) in [6.45, 7) is 4.41. The van der Waals surface area contributed by atoms with Crippen LogP contribution in [0.1, 0.15) is 38.3 Å². The number of rotatable bonds is 6. The molecule has 1 saturated carbocycles. The lowest BCUT2D eigenvalue weighted by molar-refractivity contribution is -0.124. The van der Waals surface area contributed by atoms with Crippen LogP contribution < -0.4 is 16.0 Å². The van der Waals surface area contributed by atoms with Crippen LogP contribution in [0.3, 0.4) is 0 Å². The van der Waals surface area contributed by atoms with Crippen LogP contribution in [-0.4, -0.2) is 43.1 Å². The van der Waals surface area contributed by atoms with Gasteiger partial charge in [-0.05, 0) is 36.5 Å². The van der Waals surface area contributed by atoms with Crippen molar-refractivity contribution in [2.24, 2.45) is 10.9 Å². The van der Waals surface area contributed by atoms with Crippen LogP contribution >= 0.6 is 15.9 Å². The highest BCUT2D eigenvalue weighted by Gasteiger charge is 2.51. The van der Waals surface area contributed by atoms with Crippen LogP contribution in [-0.2, 0) is 9.53 Å². The fourth-order valence-corrected chi connectivity index (χ4v) is 3.46. The monoisotopic (exact) mass is 436 g/mol. The number of hydrogen-bond acceptors (Lipinski definition) is 5. The Kier molecular flexibility index (Phi) is 5.74. The van der Waals surface area contributed by atoms with Gasteiger partial charge in [0.2, 0.25) is 5.91 Å². The van der Waals surface area contributed by atoms with Crippen molar-refractivity contribution in [2.45, 2.75) is 44.3 Å². The third-order valence-corrected chi connectivity index (χ3v) is 5.52. The van der Waals surface area contributed by atoms with Gasteiger partial charge in [0.1, 0.15) is 11.9 Å². The van der Waals surface area contributed by atoms with Gasteiger partial charge in [0, 0.05) is 4.47 Å². The van der Waals surface area contributed by atoms with E-state index < -0.39 is 17.7 Å². The first-order valence-corrected chi connectivity index (χ1v) is 9.87. The summed E-state index contributed by atoms with van der Waals surface area (Å²) in [4.78, 5) is 29.0. The Balaban J connectivity index is 1.64. The lowest BCUT2D eigenvalue weighted by Crippen LogP contribution is -2.56. The summed E-state index contributed by atoms with van der Waals surface area (Å²) in [5, 5.41) is 9.16. The van der Waals surface area contributed by atoms with E-state index in [1.165, 1.54) is 7.11 Å². The van der Waals surface area contributed by atoms with Gasteiger partial charge >= 0.3 is 6.09 Å². The van der Waals surface area contributed by atoms with Gasteiger partial charge < -0.3 is 20.7 Å². The van der Waals surface area contributed by atoms with Crippen molar-refractivity contribution in [3.63, 3.8) is 0 Å². The SMILES string of the molecule is COC(=O)N[C@H](C(=O)NC1(C2=NCC(c3ccc(Br)cc3)N2)CC1)C(C)C. The fraction of sp³-hybridized carbons (Fsp3) is 0.526. The molecule has 0 saturated heterocycles. The average molecular weight is 437 g/mol. The zero-order chi connectivity index (χ0) is 19.6. The summed E-state index contributed by atoms with van der Waals surface area (Å²) < 4.78 is 5.66. The van der Waals surface area contributed by atoms with Gasteiger partial charge in [-0.15, -0.1) is 0 Å². The van der Waals surface area contributed by atoms with Crippen LogP contribution in [0.2, 0.25) is 0 Å². The molecule has 0 spiro atoms. The number of ether oxygens (including phenoxy) is 1. The summed E-state index contributed by atoms with van der Waals surface area (Å²) in [5.74, 6) is 0.544. The Hall–Kier alpha value is -2.09. The zero-order valence-corrected chi connectivity index (χ0v) is 17.3. The van der Waals surface area contributed by atoms with E-state index in [0.29, 0.717) is 6.54 Å². The molecular weight excluding hydrogens is 412 g/mol. The Labute approximate surface area is 167 Å². The maximum atomic E-state index is 12.8. The van der Waals surface area contributed by atoms with Crippen LogP contribution in [0.4, 0.5) is 4.79 Å². The quantitative estimate of drug-likeness (QED) is 0.638. The Morgan fingerprint density at radius 3 is 2.52 bits per heavy atom. The summed E-state index contributed by atoms with van der Waals surface area (Å²) in [6, 6.07) is 7.60. The number of aliphatic imine (C=N–C) groups is 1. The first kappa shape index (κ1) is 19.7. The predicted molar refractivity (Wildman–Crippen MR) is 107 cm³/mol. The van der Waals surface area contributed by atoms with Crippen molar-refractivity contribution in [3.8, 4) is 0 Å². The number of carbonyl (C=O) groups excluding carboxylic acids is 2. The van der Waals surface area contributed by atoms with Gasteiger partial charge in [0.05, 0.1) is 25.2 Å². The third-order valence-electron chi connectivity index (χ3n) is 4.99. The minimum atomic E-state index is -0.654. The number of benzene rings is 1. The molecule has 2 aliphatic rings. The molecule has 2 amide bonds. The van der Waals surface area contributed by atoms with E-state index in [1.54, 1.807) is 0 Å². The molecule has 0 aromatic heterocycles. The Morgan fingerprint density at radius 1 is 1.30 bits per heavy atom. The van der Waals surface area contributed by atoms with E-state index in [4.69, 9.17) is 0 Å². The molecule has 27 heavy (non-hydrogen) atoms. The van der Waals surface area contributed by atoms with Gasteiger partial charge in [-0.1, -0.05) is 41.9 Å². The molecule has 1 fully saturated rings. The average Bonchev–Trinajstić information content (AvgIpc) is 3.24. The molecule has 0 bridgehead atoms. The molecule has 3 rings (SSSR count). The number of alkyl carbamates (subject to hydrolysis) is 1. The summed E-state index contributed by atoms with van der Waals surface area (Å²) in [7, 11) is 1.28. The molecule has 7 nitrogen and oxygen atoms in total. The number of carbonyl (C=O) groups is 2. The lowest BCUT2D eigenvalue weighted by atomic mass is 10.0. The second-order valence-corrected chi connectivity index (χ2v) is 8.28. The Bertz CT molecular complexity index is 744. The van der Waals surface area contributed by atoms with Crippen LogP contribution in [0.25, 0.3) is 0 Å². The third kappa shape index (κ3) is 4.43. The molecule has 1 aliphatic heterocycles. The van der Waals surface area contributed by atoms with Crippen LogP contribution in [0.5, 0.6) is 0 Å². The van der Waals surface area contributed by atoms with Crippen molar-refractivity contribution < 1.29 is 14.3 Å². The zero-order valence-electron chi connectivity index (χ0n) is 15.7. The normalized spacial score (nSPS) is 21.1. The van der Waals surface area contributed by atoms with Gasteiger partial charge in [0.25, 0.3) is 0 Å². The van der Waals surface area contributed by atoms with Crippen molar-refractivity contribution in [1.82, 2.24) is 16.0 Å². The van der Waals surface area contributed by atoms with E-state index in [9.17, 15) is 9.59 Å². The molecule has 1 unspecified atom stereocenters. The predicted octanol–water partition coefficient (Wildman–Crippen LogP) is 2.52. The standard InChI is InChI=1S/C19H25BrN4O3/c1-11(2)15(23-18(26)27-3)16(25)24-19(8-9-19)17-21-10-14(22-17)12-4-6-13(20)7-5-12/h4-7,11,14-15H,8-10H2,1-3H3,(H,21,22)(H,23,26)(H,24,25)/t14?,15-/m0/s1. The van der Waals surface area contributed by atoms with Gasteiger partial charge in [-0.25, -0.2) is 4.79 Å². The highest BCUT2D eigenvalue weighted by atomic mass is 79.9. The first-order chi connectivity index (χ1) is 12.8. The van der Waals surface area contributed by atoms with E-state index in [1.807, 2.05) is 26.0 Å². The van der Waals surface area contributed by atoms with Crippen molar-refractivity contribution in [3.05, 3.63) is 34.3 Å². The molecule has 1 heterocycles. The highest BCUT2D eigenvalue weighted by molar-refractivity contribution is 9.10. The topological polar surface area (TPSA) is 91.8 Å². The van der Waals surface area contributed by atoms with E-state index >= 15 is 0 Å². The maximum absolute atomic E-state index is 12.8. The van der Waals surface area contributed by atoms with Crippen LogP contribution in [0, 0.1) is 5.92 Å². The number of methoxy groups -OCH3 is 1. The summed E-state index contributed by atoms with van der Waals surface area (Å²) >= 11 is 3.45. The molecule has 146 valence electrons. The second kappa shape index (κ2) is 7.88. The summed E-state index contributed by atoms with van der Waals surface area (Å²) in [5.41, 5.74) is 0.707. The Morgan fingerprint density at radius 2 is 1.96 bits per heavy atom. The largest absolute Gasteiger partial charge is 0.453 e. The van der Waals surface area contributed by atoms with Crippen LogP contribution in [0.15, 0.2) is 33.7 Å². The molecule has 3 N–H and O–H groups in total. The minimum Gasteiger partial charge on any atom is -0.453 e. The number of amides is 2. The number of amidine groups is 1. The van der Waals surface area contributed by atoms with E-state index in [0.717, 1.165) is 28.7 Å². The number of hydrogen-bond donors (Lipinski definition) is 3. The molecule has 8 heteroatoms. The number of nitrogens with zero attached hydrogens (tertiary/aromatic N) is 1. The minimum absolute atomic E-state index is 0.0612. The molecule has 1 aliphatic carbocycles. The van der Waals surface area contributed by atoms with E-state index in [2.05, 4.69) is 53.7 Å². The molecule has 1 aromatic carbocycles. The smallest absolute Gasteiger partial charge is 0.407 e. The number of halogens is 1. The summed E-state index contributed by atoms with van der Waals surface area (Å²) in [6.07, 6.45) is 1.06. The molecule has 2 atom stereocenters. The molecule has 0 radical (unpaired) electrons. The van der Waals surface area contributed by atoms with Gasteiger partial charge in [0.15, 0.2) is 0 Å². The van der Waals surface area contributed by atoms with Crippen molar-refractivity contribution in [2.75, 3.05) is 13.7 Å². The van der Waals surface area contributed by atoms with Crippen molar-refractivity contribution >= 4 is 33.8 Å². The highest BCUT2D eigenvalue weighted by Crippen LogP contribution is 2.39. The van der Waals surface area contributed by atoms with Gasteiger partial charge in [-0.3, -0.25) is 9.79 Å². The molecule has 1 aromatic rings. The lowest BCUT2D eigenvalue weighted by Gasteiger charge is -2.25. The van der Waals surface area contributed by atoms with Gasteiger partial charge in [-0.2, -0.15) is 0 Å². The fourth-order valence-electron chi connectivity index (χ4n) is 3.19. The first-order valence-electron chi connectivity index (χ1n) is 9.08. The second-order valence-electron chi connectivity index (χ2n) is 7.37. The molecular formula is C19H25BrN4O3.